The van der Waals surface area contributed by atoms with Gasteiger partial charge in [-0.05, 0) is 90.6 Å². The molecule has 1 aliphatic rings. The first-order valence-electron chi connectivity index (χ1n) is 13.9. The highest BCUT2D eigenvalue weighted by molar-refractivity contribution is 6.06. The van der Waals surface area contributed by atoms with E-state index >= 15 is 0 Å². The number of nitrogens with zero attached hydrogens (tertiary/aromatic N) is 4. The maximum absolute atomic E-state index is 4.75. The summed E-state index contributed by atoms with van der Waals surface area (Å²) in [5, 5.41) is 1.18. The van der Waals surface area contributed by atoms with Crippen molar-refractivity contribution in [3.63, 3.8) is 0 Å². The normalized spacial score (nSPS) is 14.8. The highest BCUT2D eigenvalue weighted by Gasteiger charge is 2.21. The largest absolute Gasteiger partial charge is 0.308 e. The molecule has 40 heavy (non-hydrogen) atoms. The minimum atomic E-state index is 0.536. The zero-order valence-electron chi connectivity index (χ0n) is 22.3. The standard InChI is InChI=1S/C36H28N4/c1-24-10-19-32-30(22-24)36-34(9-5-21-38-36)40(32)28-17-13-26(14-18-28)23-25-11-15-27(16-12-25)39-31-7-3-2-6-29(31)35-33(39)8-4-20-37-35/h2-21,24H,22-23H2,1H3. The summed E-state index contributed by atoms with van der Waals surface area (Å²) in [5.74, 6) is 0.536. The Morgan fingerprint density at radius 1 is 0.650 bits per heavy atom. The van der Waals surface area contributed by atoms with Gasteiger partial charge in [0.15, 0.2) is 0 Å². The van der Waals surface area contributed by atoms with E-state index < -0.39 is 0 Å². The van der Waals surface area contributed by atoms with E-state index in [1.54, 1.807) is 0 Å². The van der Waals surface area contributed by atoms with Crippen LogP contribution in [-0.4, -0.2) is 19.1 Å². The molecule has 8 rings (SSSR count). The molecular formula is C36H28N4. The van der Waals surface area contributed by atoms with Gasteiger partial charge >= 0.3 is 0 Å². The van der Waals surface area contributed by atoms with Gasteiger partial charge in [-0.1, -0.05) is 55.5 Å². The summed E-state index contributed by atoms with van der Waals surface area (Å²) in [6.45, 7) is 2.27. The number of aromatic nitrogens is 4. The molecule has 3 aromatic carbocycles. The maximum atomic E-state index is 4.75. The van der Waals surface area contributed by atoms with Crippen LogP contribution in [0.5, 0.6) is 0 Å². The Hall–Kier alpha value is -4.96. The molecule has 0 radical (unpaired) electrons. The quantitative estimate of drug-likeness (QED) is 0.236. The van der Waals surface area contributed by atoms with Crippen molar-refractivity contribution >= 4 is 39.0 Å². The third-order valence-electron chi connectivity index (χ3n) is 8.20. The first-order valence-corrected chi connectivity index (χ1v) is 13.9. The van der Waals surface area contributed by atoms with Gasteiger partial charge in [0, 0.05) is 34.7 Å². The van der Waals surface area contributed by atoms with Crippen LogP contribution in [0.15, 0.2) is 116 Å². The molecule has 0 spiro atoms. The average molecular weight is 517 g/mol. The van der Waals surface area contributed by atoms with Gasteiger partial charge in [-0.3, -0.25) is 9.97 Å². The van der Waals surface area contributed by atoms with Crippen molar-refractivity contribution in [2.75, 3.05) is 0 Å². The number of allylic oxidation sites excluding steroid dienone is 1. The second-order valence-electron chi connectivity index (χ2n) is 10.8. The summed E-state index contributed by atoms with van der Waals surface area (Å²) in [5.41, 5.74) is 13.2. The van der Waals surface area contributed by atoms with Crippen molar-refractivity contribution in [2.24, 2.45) is 5.92 Å². The molecule has 0 saturated carbocycles. The molecule has 0 amide bonds. The molecule has 192 valence electrons. The lowest BCUT2D eigenvalue weighted by Crippen LogP contribution is -2.05. The van der Waals surface area contributed by atoms with Gasteiger partial charge in [0.2, 0.25) is 0 Å². The maximum Gasteiger partial charge on any atom is 0.0963 e. The van der Waals surface area contributed by atoms with Crippen LogP contribution in [0.4, 0.5) is 0 Å². The number of para-hydroxylation sites is 1. The monoisotopic (exact) mass is 516 g/mol. The predicted octanol–water partition coefficient (Wildman–Crippen LogP) is 8.31. The molecule has 1 aliphatic carbocycles. The van der Waals surface area contributed by atoms with Gasteiger partial charge in [-0.25, -0.2) is 0 Å². The average Bonchev–Trinajstić information content (AvgIpc) is 3.51. The second kappa shape index (κ2) is 9.06. The van der Waals surface area contributed by atoms with Gasteiger partial charge in [0.1, 0.15) is 0 Å². The fourth-order valence-electron chi connectivity index (χ4n) is 6.32. The highest BCUT2D eigenvalue weighted by atomic mass is 15.0. The molecule has 4 heteroatoms. The van der Waals surface area contributed by atoms with Gasteiger partial charge in [-0.2, -0.15) is 0 Å². The van der Waals surface area contributed by atoms with Crippen molar-refractivity contribution < 1.29 is 0 Å². The molecule has 0 aliphatic heterocycles. The molecule has 0 fully saturated rings. The summed E-state index contributed by atoms with van der Waals surface area (Å²) >= 11 is 0. The molecule has 4 heterocycles. The smallest absolute Gasteiger partial charge is 0.0963 e. The number of fused-ring (bicyclic) bond motifs is 6. The summed E-state index contributed by atoms with van der Waals surface area (Å²) in [6, 6.07) is 34.8. The minimum Gasteiger partial charge on any atom is -0.308 e. The van der Waals surface area contributed by atoms with Crippen molar-refractivity contribution in [2.45, 2.75) is 19.8 Å². The lowest BCUT2D eigenvalue weighted by atomic mass is 9.94. The zero-order chi connectivity index (χ0) is 26.6. The molecule has 0 N–H and O–H groups in total. The van der Waals surface area contributed by atoms with Crippen LogP contribution in [0.2, 0.25) is 0 Å². The van der Waals surface area contributed by atoms with Crippen molar-refractivity contribution in [3.05, 3.63) is 138 Å². The van der Waals surface area contributed by atoms with Gasteiger partial charge in [0.05, 0.1) is 33.3 Å². The number of benzene rings is 3. The Labute approximate surface area is 232 Å². The lowest BCUT2D eigenvalue weighted by molar-refractivity contribution is 0.717. The van der Waals surface area contributed by atoms with E-state index in [2.05, 4.69) is 118 Å². The lowest BCUT2D eigenvalue weighted by Gasteiger charge is -2.15. The Balaban J connectivity index is 1.10. The summed E-state index contributed by atoms with van der Waals surface area (Å²) in [7, 11) is 0. The Morgan fingerprint density at radius 3 is 1.98 bits per heavy atom. The van der Waals surface area contributed by atoms with Gasteiger partial charge in [0.25, 0.3) is 0 Å². The molecule has 0 bridgehead atoms. The topological polar surface area (TPSA) is 35.6 Å². The number of rotatable bonds is 4. The SMILES string of the molecule is CC1C=Cc2c(c3ncccc3n2-c2ccc(Cc3ccc(-n4c5ccccc5c5ncccc54)cc3)cc2)C1. The van der Waals surface area contributed by atoms with Crippen molar-refractivity contribution in [1.29, 1.82) is 0 Å². The number of hydrogen-bond acceptors (Lipinski definition) is 2. The molecule has 1 unspecified atom stereocenters. The Morgan fingerprint density at radius 2 is 1.25 bits per heavy atom. The molecular weight excluding hydrogens is 488 g/mol. The van der Waals surface area contributed by atoms with E-state index in [9.17, 15) is 0 Å². The van der Waals surface area contributed by atoms with Crippen LogP contribution in [-0.2, 0) is 12.8 Å². The molecule has 7 aromatic rings. The third kappa shape index (κ3) is 3.60. The Bertz CT molecular complexity index is 2000. The molecule has 0 saturated heterocycles. The predicted molar refractivity (Wildman–Crippen MR) is 164 cm³/mol. The highest BCUT2D eigenvalue weighted by Crippen LogP contribution is 2.34. The minimum absolute atomic E-state index is 0.536. The molecule has 4 nitrogen and oxygen atoms in total. The zero-order valence-corrected chi connectivity index (χ0v) is 22.3. The Kier molecular flexibility index (Phi) is 5.20. The van der Waals surface area contributed by atoms with Crippen LogP contribution in [0.1, 0.15) is 29.3 Å². The van der Waals surface area contributed by atoms with E-state index in [-0.39, 0.29) is 0 Å². The van der Waals surface area contributed by atoms with E-state index in [0.717, 1.165) is 35.1 Å². The van der Waals surface area contributed by atoms with Crippen molar-refractivity contribution in [1.82, 2.24) is 19.1 Å². The van der Waals surface area contributed by atoms with E-state index in [0.29, 0.717) is 5.92 Å². The first kappa shape index (κ1) is 23.0. The van der Waals surface area contributed by atoms with Gasteiger partial charge in [-0.15, -0.1) is 0 Å². The molecule has 1 atom stereocenters. The van der Waals surface area contributed by atoms with Crippen LogP contribution in [0.3, 0.4) is 0 Å². The van der Waals surface area contributed by atoms with Crippen LogP contribution >= 0.6 is 0 Å². The van der Waals surface area contributed by atoms with Crippen LogP contribution in [0, 0.1) is 5.92 Å². The summed E-state index contributed by atoms with van der Waals surface area (Å²) in [6.07, 6.45) is 10.3. The van der Waals surface area contributed by atoms with E-state index in [1.807, 2.05) is 24.5 Å². The fraction of sp³-hybridized carbons (Fsp3) is 0.111. The van der Waals surface area contributed by atoms with Crippen LogP contribution < -0.4 is 0 Å². The number of pyridine rings is 2. The third-order valence-corrected chi connectivity index (χ3v) is 8.20. The van der Waals surface area contributed by atoms with E-state index in [4.69, 9.17) is 4.98 Å². The second-order valence-corrected chi connectivity index (χ2v) is 10.8. The van der Waals surface area contributed by atoms with Crippen molar-refractivity contribution in [3.8, 4) is 11.4 Å². The van der Waals surface area contributed by atoms with E-state index in [1.165, 1.54) is 44.5 Å². The summed E-state index contributed by atoms with van der Waals surface area (Å²) < 4.78 is 4.67. The molecule has 4 aromatic heterocycles. The first-order chi connectivity index (χ1) is 19.7. The fourth-order valence-corrected chi connectivity index (χ4v) is 6.32. The van der Waals surface area contributed by atoms with Crippen LogP contribution in [0.25, 0.3) is 50.4 Å². The number of hydrogen-bond donors (Lipinski definition) is 0. The summed E-state index contributed by atoms with van der Waals surface area (Å²) in [4.78, 5) is 9.42. The van der Waals surface area contributed by atoms with Gasteiger partial charge < -0.3 is 9.13 Å².